The van der Waals surface area contributed by atoms with Crippen LogP contribution in [0.4, 0.5) is 0 Å². The number of fused-ring (bicyclic) bond motifs is 1. The fourth-order valence-electron chi connectivity index (χ4n) is 3.59. The van der Waals surface area contributed by atoms with Crippen molar-refractivity contribution >= 4 is 5.78 Å². The van der Waals surface area contributed by atoms with Crippen molar-refractivity contribution in [2.45, 2.75) is 19.3 Å². The number of methoxy groups -OCH3 is 4. The Morgan fingerprint density at radius 1 is 0.920 bits per heavy atom. The van der Waals surface area contributed by atoms with Gasteiger partial charge in [-0.15, -0.1) is 0 Å². The second-order valence-corrected chi connectivity index (χ2v) is 5.56. The predicted octanol–water partition coefficient (Wildman–Crippen LogP) is 2.69. The lowest BCUT2D eigenvalue weighted by molar-refractivity contribution is 0.0912. The van der Waals surface area contributed by atoms with Gasteiger partial charge in [-0.05, 0) is 6.42 Å². The molecule has 0 fully saturated rings. The second kappa shape index (κ2) is 7.31. The van der Waals surface area contributed by atoms with Crippen LogP contribution in [0.3, 0.4) is 0 Å². The summed E-state index contributed by atoms with van der Waals surface area (Å²) >= 11 is 0. The van der Waals surface area contributed by atoms with Crippen LogP contribution in [0, 0.1) is 34.5 Å². The van der Waals surface area contributed by atoms with E-state index in [0.717, 1.165) is 0 Å². The molecule has 0 aromatic heterocycles. The smallest absolute Gasteiger partial charge is 0.208 e. The molecule has 0 heterocycles. The highest BCUT2D eigenvalue weighted by atomic mass is 16.5. The lowest BCUT2D eigenvalue weighted by Crippen LogP contribution is -2.19. The molecule has 0 N–H and O–H groups in total. The van der Waals surface area contributed by atoms with Gasteiger partial charge < -0.3 is 18.9 Å². The van der Waals surface area contributed by atoms with Crippen molar-refractivity contribution < 1.29 is 23.7 Å². The van der Waals surface area contributed by atoms with Crippen LogP contribution in [0.1, 0.15) is 35.2 Å². The van der Waals surface area contributed by atoms with Crippen molar-refractivity contribution in [3.05, 3.63) is 11.1 Å². The number of Topliss-reactive ketones (excluding diaryl/α,β-unsaturated/α-hetero) is 1. The second-order valence-electron chi connectivity index (χ2n) is 5.56. The monoisotopic (exact) mass is 344 g/mol. The van der Waals surface area contributed by atoms with Crippen molar-refractivity contribution in [3.63, 3.8) is 0 Å². The molecule has 2 atom stereocenters. The first-order valence-corrected chi connectivity index (χ1v) is 7.79. The first kappa shape index (κ1) is 18.4. The van der Waals surface area contributed by atoms with Gasteiger partial charge in [0.05, 0.1) is 46.1 Å². The maximum Gasteiger partial charge on any atom is 0.208 e. The quantitative estimate of drug-likeness (QED) is 0.781. The number of ether oxygens (including phenoxy) is 4. The van der Waals surface area contributed by atoms with E-state index < -0.39 is 17.8 Å². The maximum absolute atomic E-state index is 13.0. The zero-order valence-electron chi connectivity index (χ0n) is 14.9. The normalized spacial score (nSPS) is 18.3. The average Bonchev–Trinajstić information content (AvgIpc) is 2.93. The van der Waals surface area contributed by atoms with E-state index in [4.69, 9.17) is 18.9 Å². The molecule has 0 radical (unpaired) electrons. The molecule has 0 saturated carbocycles. The number of carbonyl (C=O) groups excluding carboxylic acids is 1. The van der Waals surface area contributed by atoms with Crippen molar-refractivity contribution in [3.8, 4) is 35.1 Å². The largest absolute Gasteiger partial charge is 0.492 e. The number of nitrogens with zero attached hydrogens (tertiary/aromatic N) is 2. The first-order valence-electron chi connectivity index (χ1n) is 7.79. The molecule has 0 spiro atoms. The van der Waals surface area contributed by atoms with E-state index in [1.54, 1.807) is 0 Å². The molecular formula is C18H20N2O5. The SMILES string of the molecule is CCC1C(=O)c2c(OC)c(OC)c(OC)c(OC)c2C1C(C#N)C#N. The van der Waals surface area contributed by atoms with Gasteiger partial charge in [-0.3, -0.25) is 4.79 Å². The maximum atomic E-state index is 13.0. The minimum Gasteiger partial charge on any atom is -0.492 e. The van der Waals surface area contributed by atoms with Gasteiger partial charge >= 0.3 is 0 Å². The van der Waals surface area contributed by atoms with Gasteiger partial charge in [0.1, 0.15) is 5.92 Å². The standard InChI is InChI=1S/C18H20N2O5/c1-6-10-11(9(7-19)8-20)12-13(14(10)21)16(23-3)18(25-5)17(24-4)15(12)22-2/h9-11H,6H2,1-5H3. The third-order valence-electron chi connectivity index (χ3n) is 4.60. The summed E-state index contributed by atoms with van der Waals surface area (Å²) in [4.78, 5) is 13.0. The molecule has 1 aromatic rings. The van der Waals surface area contributed by atoms with Crippen molar-refractivity contribution in [2.24, 2.45) is 11.8 Å². The zero-order valence-corrected chi connectivity index (χ0v) is 14.9. The van der Waals surface area contributed by atoms with Crippen LogP contribution in [0.5, 0.6) is 23.0 Å². The Morgan fingerprint density at radius 2 is 1.40 bits per heavy atom. The van der Waals surface area contributed by atoms with Crippen molar-refractivity contribution in [1.29, 1.82) is 10.5 Å². The molecule has 0 amide bonds. The van der Waals surface area contributed by atoms with Gasteiger partial charge in [0.2, 0.25) is 11.5 Å². The molecule has 1 aliphatic carbocycles. The Bertz CT molecular complexity index is 761. The first-order chi connectivity index (χ1) is 12.1. The van der Waals surface area contributed by atoms with Crippen LogP contribution in [0.15, 0.2) is 0 Å². The van der Waals surface area contributed by atoms with Crippen LogP contribution in [0.25, 0.3) is 0 Å². The lowest BCUT2D eigenvalue weighted by atomic mass is 9.80. The van der Waals surface area contributed by atoms with E-state index in [-0.39, 0.29) is 23.0 Å². The lowest BCUT2D eigenvalue weighted by Gasteiger charge is -2.23. The van der Waals surface area contributed by atoms with Gasteiger partial charge in [0.15, 0.2) is 17.3 Å². The molecule has 25 heavy (non-hydrogen) atoms. The van der Waals surface area contributed by atoms with E-state index in [1.807, 2.05) is 19.1 Å². The van der Waals surface area contributed by atoms with Gasteiger partial charge in [-0.25, -0.2) is 0 Å². The number of rotatable bonds is 6. The third-order valence-corrected chi connectivity index (χ3v) is 4.60. The Kier molecular flexibility index (Phi) is 5.38. The summed E-state index contributed by atoms with van der Waals surface area (Å²) in [6.07, 6.45) is 0.481. The van der Waals surface area contributed by atoms with Gasteiger partial charge in [-0.1, -0.05) is 6.92 Å². The summed E-state index contributed by atoms with van der Waals surface area (Å²) in [6.45, 7) is 1.85. The van der Waals surface area contributed by atoms with Crippen molar-refractivity contribution in [1.82, 2.24) is 0 Å². The fourth-order valence-corrected chi connectivity index (χ4v) is 3.59. The van der Waals surface area contributed by atoms with Crippen LogP contribution < -0.4 is 18.9 Å². The molecule has 132 valence electrons. The van der Waals surface area contributed by atoms with E-state index in [2.05, 4.69) is 0 Å². The van der Waals surface area contributed by atoms with Crippen LogP contribution in [0.2, 0.25) is 0 Å². The van der Waals surface area contributed by atoms with Gasteiger partial charge in [0, 0.05) is 17.4 Å². The highest BCUT2D eigenvalue weighted by molar-refractivity contribution is 6.08. The fraction of sp³-hybridized carbons (Fsp3) is 0.500. The minimum atomic E-state index is -0.994. The molecule has 0 bridgehead atoms. The van der Waals surface area contributed by atoms with Crippen molar-refractivity contribution in [2.75, 3.05) is 28.4 Å². The predicted molar refractivity (Wildman–Crippen MR) is 88.2 cm³/mol. The Balaban J connectivity index is 2.96. The highest BCUT2D eigenvalue weighted by Gasteiger charge is 2.49. The summed E-state index contributed by atoms with van der Waals surface area (Å²) in [5.74, 6) is -1.28. The molecule has 7 nitrogen and oxygen atoms in total. The number of nitriles is 2. The summed E-state index contributed by atoms with van der Waals surface area (Å²) in [6, 6.07) is 3.99. The van der Waals surface area contributed by atoms with Crippen LogP contribution in [-0.4, -0.2) is 34.2 Å². The molecule has 0 aliphatic heterocycles. The number of carbonyl (C=O) groups is 1. The summed E-state index contributed by atoms with van der Waals surface area (Å²) in [5.41, 5.74) is 0.770. The van der Waals surface area contributed by atoms with Crippen LogP contribution >= 0.6 is 0 Å². The molecule has 2 unspecified atom stereocenters. The Labute approximate surface area is 146 Å². The Morgan fingerprint density at radius 3 is 1.80 bits per heavy atom. The van der Waals surface area contributed by atoms with E-state index in [0.29, 0.717) is 23.3 Å². The molecule has 0 saturated heterocycles. The van der Waals surface area contributed by atoms with E-state index in [1.165, 1.54) is 28.4 Å². The molecule has 1 aromatic carbocycles. The molecule has 2 rings (SSSR count). The molecule has 1 aliphatic rings. The summed E-state index contributed by atoms with van der Waals surface area (Å²) in [5, 5.41) is 18.8. The van der Waals surface area contributed by atoms with Gasteiger partial charge in [0.25, 0.3) is 0 Å². The van der Waals surface area contributed by atoms with Gasteiger partial charge in [-0.2, -0.15) is 10.5 Å². The Hall–Kier alpha value is -2.93. The number of benzene rings is 1. The number of hydrogen-bond acceptors (Lipinski definition) is 7. The summed E-state index contributed by atoms with van der Waals surface area (Å²) in [7, 11) is 5.76. The molecule has 7 heteroatoms. The van der Waals surface area contributed by atoms with E-state index >= 15 is 0 Å². The third kappa shape index (κ3) is 2.53. The highest BCUT2D eigenvalue weighted by Crippen LogP contribution is 2.58. The molecular weight excluding hydrogens is 324 g/mol. The average molecular weight is 344 g/mol. The van der Waals surface area contributed by atoms with Crippen LogP contribution in [-0.2, 0) is 0 Å². The number of ketones is 1. The van der Waals surface area contributed by atoms with E-state index in [9.17, 15) is 15.3 Å². The number of hydrogen-bond donors (Lipinski definition) is 0. The minimum absolute atomic E-state index is 0.186. The summed E-state index contributed by atoms with van der Waals surface area (Å²) < 4.78 is 21.7. The topological polar surface area (TPSA) is 102 Å². The zero-order chi connectivity index (χ0) is 18.7.